The van der Waals surface area contributed by atoms with E-state index < -0.39 is 24.6 Å². The number of fused-ring (bicyclic) bond motifs is 1. The topological polar surface area (TPSA) is 103 Å². The Balaban J connectivity index is 1.55. The van der Waals surface area contributed by atoms with E-state index in [1.54, 1.807) is 0 Å². The minimum Gasteiger partial charge on any atom is -0.479 e. The molecular formula is C19H21N3O5. The van der Waals surface area contributed by atoms with Gasteiger partial charge in [0.1, 0.15) is 0 Å². The zero-order valence-electron chi connectivity index (χ0n) is 15.1. The number of rotatable bonds is 5. The Morgan fingerprint density at radius 2 is 2.11 bits per heavy atom. The number of carbonyl (C=O) groups is 2. The third-order valence-electron chi connectivity index (χ3n) is 5.17. The number of carbonyl (C=O) groups excluding carboxylic acids is 1. The van der Waals surface area contributed by atoms with Gasteiger partial charge in [0.05, 0.1) is 23.0 Å². The van der Waals surface area contributed by atoms with E-state index in [1.807, 2.05) is 25.1 Å². The molecular weight excluding hydrogens is 350 g/mol. The van der Waals surface area contributed by atoms with E-state index in [9.17, 15) is 9.59 Å². The molecule has 2 aliphatic rings. The number of carboxylic acids is 1. The number of carboxylic acid groups (broad SMARTS) is 1. The van der Waals surface area contributed by atoms with Gasteiger partial charge < -0.3 is 14.7 Å². The summed E-state index contributed by atoms with van der Waals surface area (Å²) >= 11 is 0. The lowest BCUT2D eigenvalue weighted by Crippen LogP contribution is -2.26. The molecule has 142 valence electrons. The van der Waals surface area contributed by atoms with Gasteiger partial charge in [-0.05, 0) is 25.8 Å². The summed E-state index contributed by atoms with van der Waals surface area (Å²) in [5.74, 6) is -1.92. The van der Waals surface area contributed by atoms with E-state index in [0.717, 1.165) is 35.0 Å². The molecule has 1 unspecified atom stereocenters. The second-order valence-corrected chi connectivity index (χ2v) is 7.04. The number of oxime groups is 1. The number of hydrogen-bond acceptors (Lipinski definition) is 6. The minimum atomic E-state index is -1.21. The van der Waals surface area contributed by atoms with Crippen LogP contribution in [-0.4, -0.2) is 45.2 Å². The number of hydrogen-bond donors (Lipinski definition) is 1. The largest absolute Gasteiger partial charge is 0.479 e. The Bertz CT molecular complexity index is 927. The number of aliphatic carboxylic acids is 1. The van der Waals surface area contributed by atoms with Gasteiger partial charge in [0, 0.05) is 17.4 Å². The Kier molecular flexibility index (Phi) is 4.55. The second-order valence-electron chi connectivity index (χ2n) is 7.04. The number of nitrogens with zero attached hydrogens (tertiary/aromatic N) is 3. The van der Waals surface area contributed by atoms with E-state index in [4.69, 9.17) is 15.0 Å². The number of benzene rings is 1. The predicted molar refractivity (Wildman–Crippen MR) is 96.6 cm³/mol. The van der Waals surface area contributed by atoms with Gasteiger partial charge >= 0.3 is 11.9 Å². The van der Waals surface area contributed by atoms with Gasteiger partial charge in [0.2, 0.25) is 6.10 Å². The van der Waals surface area contributed by atoms with Crippen molar-refractivity contribution in [2.45, 2.75) is 51.2 Å². The van der Waals surface area contributed by atoms with Crippen LogP contribution in [0.5, 0.6) is 0 Å². The number of aryl methyl sites for hydroxylation is 1. The van der Waals surface area contributed by atoms with Crippen LogP contribution in [0.3, 0.4) is 0 Å². The third kappa shape index (κ3) is 3.39. The van der Waals surface area contributed by atoms with Crippen LogP contribution in [0.2, 0.25) is 0 Å². The Labute approximate surface area is 155 Å². The van der Waals surface area contributed by atoms with Gasteiger partial charge in [-0.1, -0.05) is 30.1 Å². The predicted octanol–water partition coefficient (Wildman–Crippen LogP) is 2.58. The SMILES string of the molecule is Cc1nn(C2CCCC2)c2cc(C3=NOC(C(=O)OCC(=O)O)C3)ccc12. The fraction of sp³-hybridized carbons (Fsp3) is 0.474. The average Bonchev–Trinajstić information content (AvgIpc) is 3.39. The van der Waals surface area contributed by atoms with Gasteiger partial charge in [-0.25, -0.2) is 9.59 Å². The van der Waals surface area contributed by atoms with Gasteiger partial charge in [0.25, 0.3) is 0 Å². The molecule has 4 rings (SSSR count). The molecule has 0 amide bonds. The molecule has 0 spiro atoms. The number of ether oxygens (including phenoxy) is 1. The molecule has 1 saturated carbocycles. The van der Waals surface area contributed by atoms with Crippen molar-refractivity contribution in [3.05, 3.63) is 29.5 Å². The van der Waals surface area contributed by atoms with E-state index in [2.05, 4.69) is 14.6 Å². The van der Waals surface area contributed by atoms with Crippen LogP contribution >= 0.6 is 0 Å². The molecule has 2 aromatic rings. The standard InChI is InChI=1S/C19H21N3O5/c1-11-14-7-6-12(8-16(14)22(20-11)13-4-2-3-5-13)15-9-17(27-21-15)19(25)26-10-18(23)24/h6-8,13,17H,2-5,9-10H2,1H3,(H,23,24). The maximum absolute atomic E-state index is 11.9. The summed E-state index contributed by atoms with van der Waals surface area (Å²) in [5.41, 5.74) is 3.58. The molecule has 1 N–H and O–H groups in total. The van der Waals surface area contributed by atoms with Crippen molar-refractivity contribution < 1.29 is 24.3 Å². The first-order valence-corrected chi connectivity index (χ1v) is 9.13. The fourth-order valence-electron chi connectivity index (χ4n) is 3.80. The van der Waals surface area contributed by atoms with Crippen molar-refractivity contribution >= 4 is 28.6 Å². The van der Waals surface area contributed by atoms with Crippen LogP contribution in [-0.2, 0) is 19.2 Å². The highest BCUT2D eigenvalue weighted by atomic mass is 16.7. The first-order chi connectivity index (χ1) is 13.0. The van der Waals surface area contributed by atoms with Crippen LogP contribution in [0, 0.1) is 6.92 Å². The lowest BCUT2D eigenvalue weighted by atomic mass is 10.0. The maximum atomic E-state index is 11.9. The molecule has 27 heavy (non-hydrogen) atoms. The summed E-state index contributed by atoms with van der Waals surface area (Å²) in [6.45, 7) is 1.33. The smallest absolute Gasteiger partial charge is 0.351 e. The van der Waals surface area contributed by atoms with Crippen molar-refractivity contribution in [3.63, 3.8) is 0 Å². The summed E-state index contributed by atoms with van der Waals surface area (Å²) in [5, 5.41) is 18.5. The van der Waals surface area contributed by atoms with Crippen LogP contribution in [0.25, 0.3) is 10.9 Å². The lowest BCUT2D eigenvalue weighted by Gasteiger charge is -2.11. The van der Waals surface area contributed by atoms with E-state index >= 15 is 0 Å². The molecule has 1 fully saturated rings. The molecule has 1 aromatic heterocycles. The highest BCUT2D eigenvalue weighted by Crippen LogP contribution is 2.33. The summed E-state index contributed by atoms with van der Waals surface area (Å²) in [6.07, 6.45) is 4.08. The van der Waals surface area contributed by atoms with Crippen molar-refractivity contribution in [2.75, 3.05) is 6.61 Å². The van der Waals surface area contributed by atoms with Crippen LogP contribution < -0.4 is 0 Å². The van der Waals surface area contributed by atoms with Crippen molar-refractivity contribution in [1.29, 1.82) is 0 Å². The van der Waals surface area contributed by atoms with E-state index in [-0.39, 0.29) is 6.42 Å². The zero-order chi connectivity index (χ0) is 19.0. The molecule has 8 nitrogen and oxygen atoms in total. The fourth-order valence-corrected chi connectivity index (χ4v) is 3.80. The molecule has 0 radical (unpaired) electrons. The zero-order valence-corrected chi connectivity index (χ0v) is 15.1. The Hall–Kier alpha value is -2.90. The summed E-state index contributed by atoms with van der Waals surface area (Å²) in [6, 6.07) is 6.44. The van der Waals surface area contributed by atoms with Gasteiger partial charge in [-0.3, -0.25) is 4.68 Å². The van der Waals surface area contributed by atoms with Crippen LogP contribution in [0.15, 0.2) is 23.4 Å². The third-order valence-corrected chi connectivity index (χ3v) is 5.17. The number of esters is 1. The molecule has 1 aliphatic carbocycles. The van der Waals surface area contributed by atoms with Crippen LogP contribution in [0.4, 0.5) is 0 Å². The summed E-state index contributed by atoms with van der Waals surface area (Å²) in [7, 11) is 0. The molecule has 2 heterocycles. The van der Waals surface area contributed by atoms with E-state index in [0.29, 0.717) is 11.8 Å². The second kappa shape index (κ2) is 7.02. The van der Waals surface area contributed by atoms with Crippen molar-refractivity contribution in [1.82, 2.24) is 9.78 Å². The molecule has 1 aliphatic heterocycles. The monoisotopic (exact) mass is 371 g/mol. The molecule has 1 aromatic carbocycles. The molecule has 1 atom stereocenters. The summed E-state index contributed by atoms with van der Waals surface area (Å²) in [4.78, 5) is 27.5. The first kappa shape index (κ1) is 17.5. The molecule has 0 bridgehead atoms. The lowest BCUT2D eigenvalue weighted by molar-refractivity contribution is -0.162. The quantitative estimate of drug-likeness (QED) is 0.811. The van der Waals surface area contributed by atoms with Gasteiger partial charge in [-0.2, -0.15) is 5.10 Å². The Morgan fingerprint density at radius 3 is 2.85 bits per heavy atom. The maximum Gasteiger partial charge on any atom is 0.351 e. The Morgan fingerprint density at radius 1 is 1.33 bits per heavy atom. The van der Waals surface area contributed by atoms with Gasteiger partial charge in [0.15, 0.2) is 6.61 Å². The average molecular weight is 371 g/mol. The minimum absolute atomic E-state index is 0.251. The normalized spacial score (nSPS) is 19.9. The van der Waals surface area contributed by atoms with Gasteiger partial charge in [-0.15, -0.1) is 0 Å². The summed E-state index contributed by atoms with van der Waals surface area (Å²) < 4.78 is 6.80. The molecule has 8 heteroatoms. The highest BCUT2D eigenvalue weighted by molar-refractivity contribution is 6.05. The number of aromatic nitrogens is 2. The van der Waals surface area contributed by atoms with Crippen LogP contribution in [0.1, 0.15) is 49.4 Å². The highest BCUT2D eigenvalue weighted by Gasteiger charge is 2.31. The molecule has 0 saturated heterocycles. The van der Waals surface area contributed by atoms with Crippen molar-refractivity contribution in [2.24, 2.45) is 5.16 Å². The van der Waals surface area contributed by atoms with Crippen molar-refractivity contribution in [3.8, 4) is 0 Å². The van der Waals surface area contributed by atoms with E-state index in [1.165, 1.54) is 12.8 Å². The first-order valence-electron chi connectivity index (χ1n) is 9.13.